The number of hydrogen-bond acceptors (Lipinski definition) is 6. The van der Waals surface area contributed by atoms with E-state index in [-0.39, 0.29) is 11.9 Å². The summed E-state index contributed by atoms with van der Waals surface area (Å²) in [6.45, 7) is 5.42. The number of H-pyrrole nitrogens is 1. The highest BCUT2D eigenvalue weighted by atomic mass is 16.1. The van der Waals surface area contributed by atoms with E-state index in [0.717, 1.165) is 48.0 Å². The monoisotopic (exact) mass is 343 g/mol. The Balaban J connectivity index is 1.59. The third-order valence-electron chi connectivity index (χ3n) is 4.73. The highest BCUT2D eigenvalue weighted by molar-refractivity contribution is 5.79. The summed E-state index contributed by atoms with van der Waals surface area (Å²) in [5.41, 5.74) is 2.82. The van der Waals surface area contributed by atoms with Crippen molar-refractivity contribution in [1.82, 2.24) is 25.5 Å². The molecule has 1 fully saturated rings. The summed E-state index contributed by atoms with van der Waals surface area (Å²) in [5, 5.41) is 13.2. The average molecular weight is 343 g/mol. The number of carbonyl (C=O) groups excluding carboxylic acids is 1. The molecule has 2 aromatic heterocycles. The summed E-state index contributed by atoms with van der Waals surface area (Å²) in [5.74, 6) is 1.72. The summed E-state index contributed by atoms with van der Waals surface area (Å²) < 4.78 is 0. The van der Waals surface area contributed by atoms with E-state index in [0.29, 0.717) is 13.0 Å². The number of carbonyl (C=O) groups is 1. The predicted molar refractivity (Wildman–Crippen MR) is 96.7 cm³/mol. The second-order valence-corrected chi connectivity index (χ2v) is 6.39. The third kappa shape index (κ3) is 3.89. The molecule has 134 valence electrons. The van der Waals surface area contributed by atoms with E-state index >= 15 is 0 Å². The lowest BCUT2D eigenvalue weighted by atomic mass is 10.1. The first-order valence-electron chi connectivity index (χ1n) is 8.62. The van der Waals surface area contributed by atoms with Crippen molar-refractivity contribution in [3.8, 4) is 0 Å². The van der Waals surface area contributed by atoms with E-state index in [1.54, 1.807) is 6.33 Å². The maximum Gasteiger partial charge on any atom is 0.224 e. The minimum atomic E-state index is 0.0260. The van der Waals surface area contributed by atoms with Crippen molar-refractivity contribution in [2.45, 2.75) is 39.2 Å². The van der Waals surface area contributed by atoms with E-state index in [9.17, 15) is 4.79 Å². The molecule has 0 aliphatic carbocycles. The van der Waals surface area contributed by atoms with Crippen LogP contribution < -0.4 is 15.5 Å². The van der Waals surface area contributed by atoms with Gasteiger partial charge in [-0.25, -0.2) is 9.97 Å². The Morgan fingerprint density at radius 1 is 1.40 bits per heavy atom. The molecular weight excluding hydrogens is 318 g/mol. The van der Waals surface area contributed by atoms with Gasteiger partial charge in [0.15, 0.2) is 0 Å². The number of aromatic amines is 1. The molecule has 0 bridgehead atoms. The van der Waals surface area contributed by atoms with Crippen LogP contribution >= 0.6 is 0 Å². The second kappa shape index (κ2) is 7.50. The standard InChI is InChI=1S/C17H25N7O/c1-11-14(12(2)23-22-11)7-17(25)19-9-13-5-4-6-24(13)16-8-15(18-3)20-10-21-16/h8,10,13H,4-7,9H2,1-3H3,(H,19,25)(H,22,23)(H,18,20,21). The van der Waals surface area contributed by atoms with Gasteiger partial charge in [-0.2, -0.15) is 5.10 Å². The molecule has 25 heavy (non-hydrogen) atoms. The molecule has 3 rings (SSSR count). The van der Waals surface area contributed by atoms with E-state index in [4.69, 9.17) is 0 Å². The van der Waals surface area contributed by atoms with Crippen molar-refractivity contribution in [2.24, 2.45) is 0 Å². The smallest absolute Gasteiger partial charge is 0.224 e. The van der Waals surface area contributed by atoms with Crippen LogP contribution in [0.15, 0.2) is 12.4 Å². The minimum absolute atomic E-state index is 0.0260. The molecule has 1 aliphatic rings. The molecule has 3 heterocycles. The fraction of sp³-hybridized carbons (Fsp3) is 0.529. The molecule has 0 radical (unpaired) electrons. The van der Waals surface area contributed by atoms with Crippen LogP contribution in [0.3, 0.4) is 0 Å². The number of aryl methyl sites for hydroxylation is 2. The zero-order chi connectivity index (χ0) is 17.8. The summed E-state index contributed by atoms with van der Waals surface area (Å²) in [4.78, 5) is 23.1. The molecule has 1 saturated heterocycles. The molecule has 0 spiro atoms. The number of amides is 1. The van der Waals surface area contributed by atoms with Gasteiger partial charge >= 0.3 is 0 Å². The lowest BCUT2D eigenvalue weighted by molar-refractivity contribution is -0.120. The third-order valence-corrected chi connectivity index (χ3v) is 4.73. The normalized spacial score (nSPS) is 16.9. The molecule has 1 unspecified atom stereocenters. The van der Waals surface area contributed by atoms with Gasteiger partial charge in [-0.3, -0.25) is 9.89 Å². The van der Waals surface area contributed by atoms with Gasteiger partial charge in [0.2, 0.25) is 5.91 Å². The van der Waals surface area contributed by atoms with Crippen LogP contribution in [0.1, 0.15) is 29.8 Å². The van der Waals surface area contributed by atoms with Crippen LogP contribution in [-0.2, 0) is 11.2 Å². The molecule has 3 N–H and O–H groups in total. The maximum absolute atomic E-state index is 12.3. The second-order valence-electron chi connectivity index (χ2n) is 6.39. The first kappa shape index (κ1) is 17.2. The molecule has 2 aromatic rings. The van der Waals surface area contributed by atoms with Crippen molar-refractivity contribution in [1.29, 1.82) is 0 Å². The van der Waals surface area contributed by atoms with Gasteiger partial charge in [-0.1, -0.05) is 0 Å². The Bertz CT molecular complexity index is 723. The fourth-order valence-electron chi connectivity index (χ4n) is 3.28. The first-order valence-corrected chi connectivity index (χ1v) is 8.62. The number of anilines is 2. The Hall–Kier alpha value is -2.64. The Kier molecular flexibility index (Phi) is 5.16. The number of nitrogens with one attached hydrogen (secondary N) is 3. The van der Waals surface area contributed by atoms with Crippen molar-refractivity contribution < 1.29 is 4.79 Å². The first-order chi connectivity index (χ1) is 12.1. The van der Waals surface area contributed by atoms with E-state index in [1.165, 1.54) is 0 Å². The molecule has 1 amide bonds. The van der Waals surface area contributed by atoms with Gasteiger partial charge in [-0.05, 0) is 26.7 Å². The van der Waals surface area contributed by atoms with Crippen molar-refractivity contribution in [3.63, 3.8) is 0 Å². The van der Waals surface area contributed by atoms with Gasteiger partial charge in [0.1, 0.15) is 18.0 Å². The Morgan fingerprint density at radius 2 is 2.24 bits per heavy atom. The zero-order valence-electron chi connectivity index (χ0n) is 15.0. The van der Waals surface area contributed by atoms with Gasteiger partial charge in [-0.15, -0.1) is 0 Å². The molecule has 1 atom stereocenters. The summed E-state index contributed by atoms with van der Waals surface area (Å²) in [7, 11) is 1.84. The molecule has 1 aliphatic heterocycles. The number of nitrogens with zero attached hydrogens (tertiary/aromatic N) is 4. The van der Waals surface area contributed by atoms with E-state index in [2.05, 4.69) is 35.7 Å². The Labute approximate surface area is 147 Å². The van der Waals surface area contributed by atoms with Crippen LogP contribution in [0, 0.1) is 13.8 Å². The van der Waals surface area contributed by atoms with Crippen LogP contribution in [-0.4, -0.2) is 52.3 Å². The van der Waals surface area contributed by atoms with Crippen molar-refractivity contribution in [2.75, 3.05) is 30.4 Å². The van der Waals surface area contributed by atoms with Crippen LogP contribution in [0.25, 0.3) is 0 Å². The minimum Gasteiger partial charge on any atom is -0.373 e. The van der Waals surface area contributed by atoms with Gasteiger partial charge in [0.05, 0.1) is 12.1 Å². The number of hydrogen-bond donors (Lipinski definition) is 3. The lowest BCUT2D eigenvalue weighted by Crippen LogP contribution is -2.41. The van der Waals surface area contributed by atoms with Crippen LogP contribution in [0.2, 0.25) is 0 Å². The van der Waals surface area contributed by atoms with Gasteiger partial charge in [0.25, 0.3) is 0 Å². The summed E-state index contributed by atoms with van der Waals surface area (Å²) in [6, 6.07) is 2.20. The van der Waals surface area contributed by atoms with Gasteiger partial charge in [0, 0.05) is 43.5 Å². The topological polar surface area (TPSA) is 98.8 Å². The fourth-order valence-corrected chi connectivity index (χ4v) is 3.28. The highest BCUT2D eigenvalue weighted by Crippen LogP contribution is 2.24. The lowest BCUT2D eigenvalue weighted by Gasteiger charge is -2.26. The largest absolute Gasteiger partial charge is 0.373 e. The SMILES string of the molecule is CNc1cc(N2CCCC2CNC(=O)Cc2c(C)n[nH]c2C)ncn1. The van der Waals surface area contributed by atoms with Gasteiger partial charge < -0.3 is 15.5 Å². The van der Waals surface area contributed by atoms with E-state index < -0.39 is 0 Å². The quantitative estimate of drug-likeness (QED) is 0.729. The summed E-state index contributed by atoms with van der Waals surface area (Å²) in [6.07, 6.45) is 4.07. The zero-order valence-corrected chi connectivity index (χ0v) is 15.0. The van der Waals surface area contributed by atoms with E-state index in [1.807, 2.05) is 27.0 Å². The number of rotatable bonds is 6. The van der Waals surface area contributed by atoms with Crippen LogP contribution in [0.5, 0.6) is 0 Å². The summed E-state index contributed by atoms with van der Waals surface area (Å²) >= 11 is 0. The van der Waals surface area contributed by atoms with Crippen molar-refractivity contribution in [3.05, 3.63) is 29.3 Å². The highest BCUT2D eigenvalue weighted by Gasteiger charge is 2.26. The van der Waals surface area contributed by atoms with Crippen molar-refractivity contribution >= 4 is 17.5 Å². The number of aromatic nitrogens is 4. The predicted octanol–water partition coefficient (Wildman–Crippen LogP) is 1.19. The molecule has 0 saturated carbocycles. The molecular formula is C17H25N7O. The molecule has 8 heteroatoms. The molecule has 8 nitrogen and oxygen atoms in total. The van der Waals surface area contributed by atoms with Crippen LogP contribution in [0.4, 0.5) is 11.6 Å². The Morgan fingerprint density at radius 3 is 2.96 bits per heavy atom. The molecule has 0 aromatic carbocycles. The average Bonchev–Trinajstić information content (AvgIpc) is 3.22. The maximum atomic E-state index is 12.3.